The molecule has 0 unspecified atom stereocenters. The van der Waals surface area contributed by atoms with Crippen LogP contribution in [0.4, 0.5) is 11.8 Å². The summed E-state index contributed by atoms with van der Waals surface area (Å²) >= 11 is 0. The fourth-order valence-electron chi connectivity index (χ4n) is 2.67. The summed E-state index contributed by atoms with van der Waals surface area (Å²) in [6, 6.07) is 2.02. The van der Waals surface area contributed by atoms with Gasteiger partial charge in [-0.05, 0) is 43.8 Å². The van der Waals surface area contributed by atoms with E-state index in [2.05, 4.69) is 34.0 Å². The number of anilines is 2. The number of piperidine rings is 1. The molecular weight excluding hydrogens is 262 g/mol. The zero-order valence-electron chi connectivity index (χ0n) is 13.8. The lowest BCUT2D eigenvalue weighted by Gasteiger charge is -2.33. The molecule has 0 aliphatic carbocycles. The lowest BCUT2D eigenvalue weighted by atomic mass is 9.96. The highest BCUT2D eigenvalue weighted by Gasteiger charge is 2.20. The van der Waals surface area contributed by atoms with Gasteiger partial charge in [-0.25, -0.2) is 4.98 Å². The molecule has 1 aromatic heterocycles. The van der Waals surface area contributed by atoms with Crippen molar-refractivity contribution in [2.45, 2.75) is 26.7 Å². The summed E-state index contributed by atoms with van der Waals surface area (Å²) < 4.78 is 0. The molecule has 0 amide bonds. The SMILES string of the molecule is CC(C)CNCC1CCN(c2ccnc(N(C)C)n2)CC1. The Balaban J connectivity index is 1.82. The van der Waals surface area contributed by atoms with E-state index in [1.807, 2.05) is 31.3 Å². The van der Waals surface area contributed by atoms with Crippen molar-refractivity contribution < 1.29 is 0 Å². The molecule has 0 aromatic carbocycles. The molecule has 2 rings (SSSR count). The van der Waals surface area contributed by atoms with E-state index in [-0.39, 0.29) is 0 Å². The Morgan fingerprint density at radius 1 is 1.33 bits per heavy atom. The predicted octanol–water partition coefficient (Wildman–Crippen LogP) is 2.00. The summed E-state index contributed by atoms with van der Waals surface area (Å²) in [7, 11) is 3.96. The van der Waals surface area contributed by atoms with Crippen LogP contribution in [0.25, 0.3) is 0 Å². The molecule has 5 nitrogen and oxygen atoms in total. The predicted molar refractivity (Wildman–Crippen MR) is 89.0 cm³/mol. The maximum atomic E-state index is 4.63. The van der Waals surface area contributed by atoms with E-state index < -0.39 is 0 Å². The highest BCUT2D eigenvalue weighted by atomic mass is 15.3. The van der Waals surface area contributed by atoms with Crippen LogP contribution < -0.4 is 15.1 Å². The van der Waals surface area contributed by atoms with Crippen molar-refractivity contribution in [3.63, 3.8) is 0 Å². The third kappa shape index (κ3) is 4.84. The highest BCUT2D eigenvalue weighted by Crippen LogP contribution is 2.22. The van der Waals surface area contributed by atoms with Gasteiger partial charge in [-0.1, -0.05) is 13.8 Å². The van der Waals surface area contributed by atoms with Gasteiger partial charge in [0.05, 0.1) is 0 Å². The monoisotopic (exact) mass is 291 g/mol. The van der Waals surface area contributed by atoms with Crippen LogP contribution in [0.1, 0.15) is 26.7 Å². The third-order valence-electron chi connectivity index (χ3n) is 3.95. The standard InChI is InChI=1S/C16H29N5/c1-13(2)11-17-12-14-6-9-21(10-7-14)15-5-8-18-16(19-15)20(3)4/h5,8,13-14,17H,6-7,9-12H2,1-4H3. The van der Waals surface area contributed by atoms with Crippen LogP contribution in [0.2, 0.25) is 0 Å². The molecule has 0 atom stereocenters. The molecule has 0 saturated carbocycles. The van der Waals surface area contributed by atoms with E-state index in [0.717, 1.165) is 49.8 Å². The van der Waals surface area contributed by atoms with E-state index in [1.54, 1.807) is 0 Å². The van der Waals surface area contributed by atoms with Crippen LogP contribution in [0.5, 0.6) is 0 Å². The van der Waals surface area contributed by atoms with Crippen LogP contribution in [-0.2, 0) is 0 Å². The first kappa shape index (κ1) is 16.0. The summed E-state index contributed by atoms with van der Waals surface area (Å²) in [6.45, 7) is 8.98. The van der Waals surface area contributed by atoms with Crippen molar-refractivity contribution in [3.8, 4) is 0 Å². The van der Waals surface area contributed by atoms with E-state index in [1.165, 1.54) is 12.8 Å². The lowest BCUT2D eigenvalue weighted by Crippen LogP contribution is -2.38. The van der Waals surface area contributed by atoms with Crippen LogP contribution in [0, 0.1) is 11.8 Å². The summed E-state index contributed by atoms with van der Waals surface area (Å²) in [4.78, 5) is 13.2. The molecule has 5 heteroatoms. The van der Waals surface area contributed by atoms with Gasteiger partial charge < -0.3 is 15.1 Å². The smallest absolute Gasteiger partial charge is 0.226 e. The van der Waals surface area contributed by atoms with Crippen LogP contribution in [0.15, 0.2) is 12.3 Å². The number of hydrogen-bond donors (Lipinski definition) is 1. The van der Waals surface area contributed by atoms with Crippen molar-refractivity contribution in [1.82, 2.24) is 15.3 Å². The van der Waals surface area contributed by atoms with E-state index in [9.17, 15) is 0 Å². The number of nitrogens with zero attached hydrogens (tertiary/aromatic N) is 4. The van der Waals surface area contributed by atoms with Crippen molar-refractivity contribution in [2.75, 3.05) is 50.1 Å². The van der Waals surface area contributed by atoms with Gasteiger partial charge in [-0.15, -0.1) is 0 Å². The van der Waals surface area contributed by atoms with Crippen LogP contribution in [0.3, 0.4) is 0 Å². The fourth-order valence-corrected chi connectivity index (χ4v) is 2.67. The van der Waals surface area contributed by atoms with Crippen molar-refractivity contribution >= 4 is 11.8 Å². The average Bonchev–Trinajstić information content (AvgIpc) is 2.48. The maximum Gasteiger partial charge on any atom is 0.226 e. The largest absolute Gasteiger partial charge is 0.356 e. The summed E-state index contributed by atoms with van der Waals surface area (Å²) in [5, 5.41) is 3.58. The second kappa shape index (κ2) is 7.59. The van der Waals surface area contributed by atoms with E-state index in [0.29, 0.717) is 0 Å². The fraction of sp³-hybridized carbons (Fsp3) is 0.750. The second-order valence-corrected chi connectivity index (χ2v) is 6.59. The van der Waals surface area contributed by atoms with Gasteiger partial charge in [0.2, 0.25) is 5.95 Å². The Labute approximate surface area is 128 Å². The first-order valence-corrected chi connectivity index (χ1v) is 8.02. The zero-order valence-corrected chi connectivity index (χ0v) is 13.8. The molecule has 0 bridgehead atoms. The summed E-state index contributed by atoms with van der Waals surface area (Å²) in [5.74, 6) is 3.38. The summed E-state index contributed by atoms with van der Waals surface area (Å²) in [5.41, 5.74) is 0. The topological polar surface area (TPSA) is 44.3 Å². The number of aromatic nitrogens is 2. The molecule has 1 aromatic rings. The molecule has 1 fully saturated rings. The Bertz CT molecular complexity index is 424. The first-order valence-electron chi connectivity index (χ1n) is 8.02. The molecule has 1 aliphatic heterocycles. The Hall–Kier alpha value is -1.36. The van der Waals surface area contributed by atoms with Crippen LogP contribution >= 0.6 is 0 Å². The molecule has 0 spiro atoms. The van der Waals surface area contributed by atoms with Crippen molar-refractivity contribution in [1.29, 1.82) is 0 Å². The lowest BCUT2D eigenvalue weighted by molar-refractivity contribution is 0.373. The highest BCUT2D eigenvalue weighted by molar-refractivity contribution is 5.43. The first-order chi connectivity index (χ1) is 10.1. The third-order valence-corrected chi connectivity index (χ3v) is 3.95. The average molecular weight is 291 g/mol. The number of nitrogens with one attached hydrogen (secondary N) is 1. The molecule has 2 heterocycles. The molecular formula is C16H29N5. The normalized spacial score (nSPS) is 16.5. The molecule has 1 saturated heterocycles. The van der Waals surface area contributed by atoms with Crippen LogP contribution in [-0.4, -0.2) is 50.2 Å². The molecule has 0 radical (unpaired) electrons. The summed E-state index contributed by atoms with van der Waals surface area (Å²) in [6.07, 6.45) is 4.34. The van der Waals surface area contributed by atoms with Crippen molar-refractivity contribution in [3.05, 3.63) is 12.3 Å². The Morgan fingerprint density at radius 3 is 2.67 bits per heavy atom. The van der Waals surface area contributed by atoms with E-state index in [4.69, 9.17) is 0 Å². The Morgan fingerprint density at radius 2 is 2.05 bits per heavy atom. The number of rotatable bonds is 6. The van der Waals surface area contributed by atoms with Gasteiger partial charge in [0, 0.05) is 33.4 Å². The minimum atomic E-state index is 0.732. The van der Waals surface area contributed by atoms with Gasteiger partial charge in [0.15, 0.2) is 0 Å². The van der Waals surface area contributed by atoms with Gasteiger partial charge >= 0.3 is 0 Å². The second-order valence-electron chi connectivity index (χ2n) is 6.59. The van der Waals surface area contributed by atoms with Gasteiger partial charge in [-0.3, -0.25) is 0 Å². The maximum absolute atomic E-state index is 4.63. The van der Waals surface area contributed by atoms with E-state index >= 15 is 0 Å². The molecule has 118 valence electrons. The molecule has 21 heavy (non-hydrogen) atoms. The molecule has 1 aliphatic rings. The minimum absolute atomic E-state index is 0.732. The quantitative estimate of drug-likeness (QED) is 0.868. The van der Waals surface area contributed by atoms with Gasteiger partial charge in [-0.2, -0.15) is 4.98 Å². The molecule has 1 N–H and O–H groups in total. The van der Waals surface area contributed by atoms with Crippen molar-refractivity contribution in [2.24, 2.45) is 11.8 Å². The zero-order chi connectivity index (χ0) is 15.2. The minimum Gasteiger partial charge on any atom is -0.356 e. The number of hydrogen-bond acceptors (Lipinski definition) is 5. The van der Waals surface area contributed by atoms with Gasteiger partial charge in [0.25, 0.3) is 0 Å². The Kier molecular flexibility index (Phi) is 5.79. The van der Waals surface area contributed by atoms with Gasteiger partial charge in [0.1, 0.15) is 5.82 Å².